The van der Waals surface area contributed by atoms with Gasteiger partial charge in [-0.25, -0.2) is 0 Å². The summed E-state index contributed by atoms with van der Waals surface area (Å²) >= 11 is 3.60. The van der Waals surface area contributed by atoms with E-state index in [1.165, 1.54) is 34.9 Å². The Bertz CT molecular complexity index is 633. The highest BCUT2D eigenvalue weighted by Gasteiger charge is 2.44. The van der Waals surface area contributed by atoms with E-state index in [4.69, 9.17) is 0 Å². The molecule has 0 bridgehead atoms. The molecule has 130 valence electrons. The van der Waals surface area contributed by atoms with Crippen molar-refractivity contribution in [3.8, 4) is 0 Å². The number of halogens is 2. The molecule has 0 unspecified atom stereocenters. The number of alkyl halides is 1. The van der Waals surface area contributed by atoms with Crippen LogP contribution < -0.4 is 32.9 Å². The van der Waals surface area contributed by atoms with Crippen LogP contribution in [0, 0.1) is 0 Å². The summed E-state index contributed by atoms with van der Waals surface area (Å²) in [5, 5.41) is 5.52. The minimum Gasteiger partial charge on any atom is -1.00 e. The standard InChI is InChI=1S/C22H23BrP.BrH/c23-18-10-11-19-24(20-12-4-1-5-13-20,21-14-6-2-7-15-21)22-16-8-3-9-17-22;/h1-9,12-17H,10-11,18-19H2;1H/q+1;/p-1. The fraction of sp³-hybridized carbons (Fsp3) is 0.182. The Morgan fingerprint density at radius 3 is 1.24 bits per heavy atom. The van der Waals surface area contributed by atoms with Crippen molar-refractivity contribution in [3.05, 3.63) is 91.0 Å². The van der Waals surface area contributed by atoms with Gasteiger partial charge in [-0.1, -0.05) is 70.5 Å². The molecule has 0 atom stereocenters. The Kier molecular flexibility index (Phi) is 8.36. The number of benzene rings is 3. The molecule has 0 amide bonds. The predicted octanol–water partition coefficient (Wildman–Crippen LogP) is 2.16. The maximum atomic E-state index is 3.60. The number of rotatable bonds is 7. The van der Waals surface area contributed by atoms with Crippen LogP contribution in [0.5, 0.6) is 0 Å². The summed E-state index contributed by atoms with van der Waals surface area (Å²) in [6, 6.07) is 33.4. The average Bonchev–Trinajstić information content (AvgIpc) is 2.68. The molecule has 25 heavy (non-hydrogen) atoms. The minimum absolute atomic E-state index is 0. The molecular weight excluding hydrogens is 455 g/mol. The summed E-state index contributed by atoms with van der Waals surface area (Å²) in [6.45, 7) is 0. The first kappa shape index (κ1) is 20.4. The normalized spacial score (nSPS) is 10.9. The second kappa shape index (κ2) is 10.3. The van der Waals surface area contributed by atoms with E-state index in [1.807, 2.05) is 0 Å². The Hall–Kier alpha value is -0.950. The molecule has 3 heteroatoms. The van der Waals surface area contributed by atoms with Crippen LogP contribution in [-0.4, -0.2) is 11.5 Å². The number of hydrogen-bond acceptors (Lipinski definition) is 0. The van der Waals surface area contributed by atoms with Gasteiger partial charge >= 0.3 is 0 Å². The molecule has 0 fully saturated rings. The molecule has 0 spiro atoms. The molecule has 0 aromatic heterocycles. The van der Waals surface area contributed by atoms with Gasteiger partial charge < -0.3 is 17.0 Å². The van der Waals surface area contributed by atoms with Crippen LogP contribution >= 0.6 is 23.2 Å². The smallest absolute Gasteiger partial charge is 0.112 e. The van der Waals surface area contributed by atoms with Crippen LogP contribution in [0.25, 0.3) is 0 Å². The molecule has 0 aliphatic rings. The molecule has 0 aliphatic heterocycles. The third-order valence-electron chi connectivity index (χ3n) is 4.47. The molecular formula is C22H23Br2P. The van der Waals surface area contributed by atoms with Gasteiger partial charge in [0.2, 0.25) is 0 Å². The van der Waals surface area contributed by atoms with Crippen molar-refractivity contribution in [1.29, 1.82) is 0 Å². The number of hydrogen-bond donors (Lipinski definition) is 0. The van der Waals surface area contributed by atoms with E-state index in [9.17, 15) is 0 Å². The largest absolute Gasteiger partial charge is 1.00 e. The monoisotopic (exact) mass is 476 g/mol. The first-order valence-corrected chi connectivity index (χ1v) is 11.6. The lowest BCUT2D eigenvalue weighted by molar-refractivity contribution is -0.00000458. The first-order valence-electron chi connectivity index (χ1n) is 8.49. The van der Waals surface area contributed by atoms with E-state index >= 15 is 0 Å². The van der Waals surface area contributed by atoms with Crippen molar-refractivity contribution < 1.29 is 17.0 Å². The second-order valence-electron chi connectivity index (χ2n) is 5.94. The summed E-state index contributed by atoms with van der Waals surface area (Å²) in [5.74, 6) is 0. The summed E-state index contributed by atoms with van der Waals surface area (Å²) in [7, 11) is -1.60. The lowest BCUT2D eigenvalue weighted by Gasteiger charge is -2.27. The Balaban J connectivity index is 0.00000225. The molecule has 0 saturated carbocycles. The van der Waals surface area contributed by atoms with E-state index in [2.05, 4.69) is 107 Å². The van der Waals surface area contributed by atoms with E-state index in [1.54, 1.807) is 0 Å². The van der Waals surface area contributed by atoms with Gasteiger partial charge in [-0.15, -0.1) is 0 Å². The van der Waals surface area contributed by atoms with Crippen molar-refractivity contribution in [1.82, 2.24) is 0 Å². The SMILES string of the molecule is BrCCCC[P+](c1ccccc1)(c1ccccc1)c1ccccc1.[Br-]. The summed E-state index contributed by atoms with van der Waals surface area (Å²) in [6.07, 6.45) is 3.67. The highest BCUT2D eigenvalue weighted by Crippen LogP contribution is 2.55. The van der Waals surface area contributed by atoms with Gasteiger partial charge in [0.15, 0.2) is 0 Å². The van der Waals surface area contributed by atoms with Gasteiger partial charge in [-0.3, -0.25) is 0 Å². The molecule has 0 heterocycles. The van der Waals surface area contributed by atoms with Gasteiger partial charge in [0.1, 0.15) is 23.2 Å². The highest BCUT2D eigenvalue weighted by molar-refractivity contribution is 9.09. The topological polar surface area (TPSA) is 0 Å². The average molecular weight is 478 g/mol. The van der Waals surface area contributed by atoms with Gasteiger partial charge in [0, 0.05) is 5.33 Å². The summed E-state index contributed by atoms with van der Waals surface area (Å²) in [4.78, 5) is 0. The fourth-order valence-electron chi connectivity index (χ4n) is 3.33. The van der Waals surface area contributed by atoms with Crippen LogP contribution in [0.4, 0.5) is 0 Å². The summed E-state index contributed by atoms with van der Waals surface area (Å²) < 4.78 is 0. The zero-order valence-corrected chi connectivity index (χ0v) is 18.3. The maximum absolute atomic E-state index is 3.60. The Morgan fingerprint density at radius 2 is 0.920 bits per heavy atom. The van der Waals surface area contributed by atoms with E-state index in [-0.39, 0.29) is 17.0 Å². The van der Waals surface area contributed by atoms with E-state index in [0.29, 0.717) is 0 Å². The molecule has 3 rings (SSSR count). The molecule has 0 aliphatic carbocycles. The molecule has 3 aromatic rings. The second-order valence-corrected chi connectivity index (χ2v) is 10.3. The van der Waals surface area contributed by atoms with Crippen molar-refractivity contribution in [3.63, 3.8) is 0 Å². The van der Waals surface area contributed by atoms with Crippen molar-refractivity contribution in [2.45, 2.75) is 12.8 Å². The van der Waals surface area contributed by atoms with Gasteiger partial charge in [0.25, 0.3) is 0 Å². The van der Waals surface area contributed by atoms with Gasteiger partial charge in [-0.05, 0) is 49.2 Å². The fourth-order valence-corrected chi connectivity index (χ4v) is 8.13. The quantitative estimate of drug-likeness (QED) is 0.278. The maximum Gasteiger partial charge on any atom is 0.112 e. The van der Waals surface area contributed by atoms with Crippen molar-refractivity contribution >= 4 is 39.1 Å². The van der Waals surface area contributed by atoms with E-state index in [0.717, 1.165) is 5.33 Å². The van der Waals surface area contributed by atoms with Gasteiger partial charge in [0.05, 0.1) is 6.16 Å². The van der Waals surface area contributed by atoms with Gasteiger partial charge in [-0.2, -0.15) is 0 Å². The summed E-state index contributed by atoms with van der Waals surface area (Å²) in [5.41, 5.74) is 0. The number of unbranched alkanes of at least 4 members (excludes halogenated alkanes) is 1. The third-order valence-corrected chi connectivity index (χ3v) is 9.55. The minimum atomic E-state index is -1.60. The van der Waals surface area contributed by atoms with Crippen LogP contribution in [0.2, 0.25) is 0 Å². The molecule has 0 N–H and O–H groups in total. The Morgan fingerprint density at radius 1 is 0.560 bits per heavy atom. The first-order chi connectivity index (χ1) is 11.9. The third kappa shape index (κ3) is 4.61. The molecule has 0 radical (unpaired) electrons. The van der Waals surface area contributed by atoms with Crippen LogP contribution in [0.15, 0.2) is 91.0 Å². The van der Waals surface area contributed by atoms with Crippen molar-refractivity contribution in [2.75, 3.05) is 11.5 Å². The Labute approximate surface area is 170 Å². The highest BCUT2D eigenvalue weighted by atomic mass is 79.9. The van der Waals surface area contributed by atoms with E-state index < -0.39 is 7.26 Å². The molecule has 3 aromatic carbocycles. The zero-order chi connectivity index (χ0) is 16.7. The lowest BCUT2D eigenvalue weighted by Crippen LogP contribution is -3.00. The lowest BCUT2D eigenvalue weighted by atomic mass is 10.3. The van der Waals surface area contributed by atoms with Crippen LogP contribution in [-0.2, 0) is 0 Å². The zero-order valence-electron chi connectivity index (χ0n) is 14.2. The molecule has 0 nitrogen and oxygen atoms in total. The predicted molar refractivity (Wildman–Crippen MR) is 113 cm³/mol. The van der Waals surface area contributed by atoms with Crippen LogP contribution in [0.1, 0.15) is 12.8 Å². The molecule has 0 saturated heterocycles. The van der Waals surface area contributed by atoms with Crippen molar-refractivity contribution in [2.24, 2.45) is 0 Å². The van der Waals surface area contributed by atoms with Crippen LogP contribution in [0.3, 0.4) is 0 Å².